The van der Waals surface area contributed by atoms with E-state index in [-0.39, 0.29) is 10.8 Å². The highest BCUT2D eigenvalue weighted by Crippen LogP contribution is 2.16. The average Bonchev–Trinajstić information content (AvgIpc) is 2.63. The first-order valence-electron chi connectivity index (χ1n) is 8.44. The maximum Gasteiger partial charge on any atom is 0.253 e. The van der Waals surface area contributed by atoms with E-state index in [1.807, 2.05) is 13.8 Å². The number of anilines is 1. The molecule has 2 amide bonds. The van der Waals surface area contributed by atoms with Gasteiger partial charge in [0.1, 0.15) is 5.75 Å². The standard InChI is InChI=1S/C19H21ClN2O4S/c1-3-22(4-2)19(24)14-5-9-16(10-6-14)21-18(23)13-27(25,26)17-11-7-15(20)8-12-17/h5-12H,3-4,13H2,1-2H3,(H,21,23). The van der Waals surface area contributed by atoms with Gasteiger partial charge in [0, 0.05) is 29.4 Å². The van der Waals surface area contributed by atoms with Crippen LogP contribution in [0.4, 0.5) is 5.69 Å². The predicted octanol–water partition coefficient (Wildman–Crippen LogP) is 3.23. The molecule has 0 fully saturated rings. The molecule has 0 heterocycles. The molecule has 0 aliphatic carbocycles. The zero-order chi connectivity index (χ0) is 20.0. The van der Waals surface area contributed by atoms with Gasteiger partial charge in [-0.05, 0) is 62.4 Å². The van der Waals surface area contributed by atoms with Gasteiger partial charge < -0.3 is 10.2 Å². The zero-order valence-electron chi connectivity index (χ0n) is 15.1. The molecule has 0 saturated heterocycles. The van der Waals surface area contributed by atoms with E-state index < -0.39 is 21.5 Å². The lowest BCUT2D eigenvalue weighted by Gasteiger charge is -2.18. The Bertz CT molecular complexity index is 906. The zero-order valence-corrected chi connectivity index (χ0v) is 16.7. The summed E-state index contributed by atoms with van der Waals surface area (Å²) >= 11 is 5.75. The number of amides is 2. The van der Waals surface area contributed by atoms with Gasteiger partial charge in [0.2, 0.25) is 5.91 Å². The molecule has 2 aromatic carbocycles. The summed E-state index contributed by atoms with van der Waals surface area (Å²) in [6, 6.07) is 12.0. The largest absolute Gasteiger partial charge is 0.339 e. The summed E-state index contributed by atoms with van der Waals surface area (Å²) < 4.78 is 24.5. The highest BCUT2D eigenvalue weighted by Gasteiger charge is 2.19. The summed E-state index contributed by atoms with van der Waals surface area (Å²) in [5.74, 6) is -1.44. The van der Waals surface area contributed by atoms with Crippen molar-refractivity contribution in [2.75, 3.05) is 24.2 Å². The van der Waals surface area contributed by atoms with Crippen LogP contribution in [0.5, 0.6) is 0 Å². The van der Waals surface area contributed by atoms with Crippen molar-refractivity contribution in [2.24, 2.45) is 0 Å². The van der Waals surface area contributed by atoms with Crippen molar-refractivity contribution in [3.05, 3.63) is 59.1 Å². The third kappa shape index (κ3) is 5.55. The number of rotatable bonds is 7. The topological polar surface area (TPSA) is 83.6 Å². The minimum Gasteiger partial charge on any atom is -0.339 e. The molecule has 0 radical (unpaired) electrons. The van der Waals surface area contributed by atoms with E-state index in [9.17, 15) is 18.0 Å². The highest BCUT2D eigenvalue weighted by molar-refractivity contribution is 7.92. The van der Waals surface area contributed by atoms with Gasteiger partial charge in [0.15, 0.2) is 9.84 Å². The molecule has 8 heteroatoms. The maximum atomic E-state index is 12.3. The molecule has 0 spiro atoms. The first kappa shape index (κ1) is 20.9. The molecule has 6 nitrogen and oxygen atoms in total. The second kappa shape index (κ2) is 9.01. The predicted molar refractivity (Wildman–Crippen MR) is 106 cm³/mol. The fourth-order valence-electron chi connectivity index (χ4n) is 2.48. The third-order valence-corrected chi connectivity index (χ3v) is 5.84. The summed E-state index contributed by atoms with van der Waals surface area (Å²) in [6.07, 6.45) is 0. The number of halogens is 1. The molecule has 0 bridgehead atoms. The number of carbonyl (C=O) groups is 2. The number of carbonyl (C=O) groups excluding carboxylic acids is 2. The SMILES string of the molecule is CCN(CC)C(=O)c1ccc(NC(=O)CS(=O)(=O)c2ccc(Cl)cc2)cc1. The first-order chi connectivity index (χ1) is 12.8. The molecule has 0 unspecified atom stereocenters. The van der Waals surface area contributed by atoms with Crippen molar-refractivity contribution in [1.82, 2.24) is 4.90 Å². The molecule has 144 valence electrons. The minimum atomic E-state index is -3.77. The van der Waals surface area contributed by atoms with Gasteiger partial charge >= 0.3 is 0 Å². The molecule has 0 saturated carbocycles. The van der Waals surface area contributed by atoms with Crippen molar-refractivity contribution in [3.8, 4) is 0 Å². The van der Waals surface area contributed by atoms with Crippen LogP contribution in [0.2, 0.25) is 5.02 Å². The van der Waals surface area contributed by atoms with Crippen LogP contribution >= 0.6 is 11.6 Å². The Morgan fingerprint density at radius 2 is 1.52 bits per heavy atom. The Labute approximate surface area is 164 Å². The minimum absolute atomic E-state index is 0.0298. The van der Waals surface area contributed by atoms with E-state index in [1.54, 1.807) is 29.2 Å². The number of hydrogen-bond acceptors (Lipinski definition) is 4. The van der Waals surface area contributed by atoms with Gasteiger partial charge in [-0.25, -0.2) is 8.42 Å². The Morgan fingerprint density at radius 1 is 0.963 bits per heavy atom. The van der Waals surface area contributed by atoms with Crippen molar-refractivity contribution < 1.29 is 18.0 Å². The Kier molecular flexibility index (Phi) is 6.98. The van der Waals surface area contributed by atoms with Crippen molar-refractivity contribution in [3.63, 3.8) is 0 Å². The van der Waals surface area contributed by atoms with E-state index in [4.69, 9.17) is 11.6 Å². The molecule has 1 N–H and O–H groups in total. The normalized spacial score (nSPS) is 11.1. The van der Waals surface area contributed by atoms with E-state index in [1.165, 1.54) is 24.3 Å². The van der Waals surface area contributed by atoms with E-state index in [0.717, 1.165) is 0 Å². The molecule has 27 heavy (non-hydrogen) atoms. The van der Waals surface area contributed by atoms with Crippen LogP contribution in [-0.4, -0.2) is 44.0 Å². The van der Waals surface area contributed by atoms with Crippen LogP contribution in [0.15, 0.2) is 53.4 Å². The van der Waals surface area contributed by atoms with Gasteiger partial charge in [0.05, 0.1) is 4.90 Å². The Balaban J connectivity index is 2.03. The van der Waals surface area contributed by atoms with Gasteiger partial charge in [-0.1, -0.05) is 11.6 Å². The van der Waals surface area contributed by atoms with E-state index in [0.29, 0.717) is 29.4 Å². The number of nitrogens with one attached hydrogen (secondary N) is 1. The number of hydrogen-bond donors (Lipinski definition) is 1. The fourth-order valence-corrected chi connectivity index (χ4v) is 3.75. The molecule has 2 rings (SSSR count). The van der Waals surface area contributed by atoms with Crippen molar-refractivity contribution in [1.29, 1.82) is 0 Å². The van der Waals surface area contributed by atoms with Gasteiger partial charge in [-0.15, -0.1) is 0 Å². The van der Waals surface area contributed by atoms with Gasteiger partial charge in [0.25, 0.3) is 5.91 Å². The van der Waals surface area contributed by atoms with Crippen LogP contribution in [0.3, 0.4) is 0 Å². The molecule has 0 aromatic heterocycles. The number of benzene rings is 2. The van der Waals surface area contributed by atoms with Crippen LogP contribution in [0.25, 0.3) is 0 Å². The lowest BCUT2D eigenvalue weighted by Crippen LogP contribution is -2.30. The Hall–Kier alpha value is -2.38. The summed E-state index contributed by atoms with van der Waals surface area (Å²) in [6.45, 7) is 5.01. The summed E-state index contributed by atoms with van der Waals surface area (Å²) in [5.41, 5.74) is 0.924. The average molecular weight is 409 g/mol. The van der Waals surface area contributed by atoms with E-state index >= 15 is 0 Å². The smallest absolute Gasteiger partial charge is 0.253 e. The first-order valence-corrected chi connectivity index (χ1v) is 10.5. The monoisotopic (exact) mass is 408 g/mol. The summed E-state index contributed by atoms with van der Waals surface area (Å²) in [7, 11) is -3.77. The second-order valence-corrected chi connectivity index (χ2v) is 8.24. The number of nitrogens with zero attached hydrogens (tertiary/aromatic N) is 1. The molecular formula is C19H21ClN2O4S. The van der Waals surface area contributed by atoms with Crippen molar-refractivity contribution >= 4 is 38.9 Å². The molecule has 0 aliphatic heterocycles. The van der Waals surface area contributed by atoms with Crippen LogP contribution in [0.1, 0.15) is 24.2 Å². The molecule has 0 atom stereocenters. The second-order valence-electron chi connectivity index (χ2n) is 5.82. The van der Waals surface area contributed by atoms with Crippen molar-refractivity contribution in [2.45, 2.75) is 18.7 Å². The summed E-state index contributed by atoms with van der Waals surface area (Å²) in [4.78, 5) is 26.1. The Morgan fingerprint density at radius 3 is 2.04 bits per heavy atom. The molecular weight excluding hydrogens is 388 g/mol. The van der Waals surface area contributed by atoms with Crippen LogP contribution < -0.4 is 5.32 Å². The lowest BCUT2D eigenvalue weighted by atomic mass is 10.2. The maximum absolute atomic E-state index is 12.3. The van der Waals surface area contributed by atoms with Gasteiger partial charge in [-0.2, -0.15) is 0 Å². The lowest BCUT2D eigenvalue weighted by molar-refractivity contribution is -0.113. The molecule has 0 aliphatic rings. The van der Waals surface area contributed by atoms with E-state index in [2.05, 4.69) is 5.32 Å². The quantitative estimate of drug-likeness (QED) is 0.762. The number of sulfone groups is 1. The van der Waals surface area contributed by atoms with Crippen LogP contribution in [-0.2, 0) is 14.6 Å². The fraction of sp³-hybridized carbons (Fsp3) is 0.263. The molecule has 2 aromatic rings. The van der Waals surface area contributed by atoms with Crippen LogP contribution in [0, 0.1) is 0 Å². The van der Waals surface area contributed by atoms with Gasteiger partial charge in [-0.3, -0.25) is 9.59 Å². The third-order valence-electron chi connectivity index (χ3n) is 3.96. The summed E-state index contributed by atoms with van der Waals surface area (Å²) in [5, 5.41) is 2.95. The highest BCUT2D eigenvalue weighted by atomic mass is 35.5.